The summed E-state index contributed by atoms with van der Waals surface area (Å²) >= 11 is 0. The Morgan fingerprint density at radius 2 is 1.77 bits per heavy atom. The molecule has 2 aromatic carbocycles. The zero-order valence-electron chi connectivity index (χ0n) is 16.3. The molecule has 0 saturated heterocycles. The minimum Gasteiger partial charge on any atom is -0.493 e. The molecule has 0 amide bonds. The van der Waals surface area contributed by atoms with Gasteiger partial charge in [0.25, 0.3) is 0 Å². The summed E-state index contributed by atoms with van der Waals surface area (Å²) in [7, 11) is 1.61. The van der Waals surface area contributed by atoms with Crippen LogP contribution in [0.2, 0.25) is 0 Å². The van der Waals surface area contributed by atoms with E-state index >= 15 is 0 Å². The number of benzene rings is 2. The highest BCUT2D eigenvalue weighted by Crippen LogP contribution is 2.33. The monoisotopic (exact) mass is 349 g/mol. The third-order valence-corrected chi connectivity index (χ3v) is 3.79. The van der Waals surface area contributed by atoms with E-state index in [1.54, 1.807) is 13.2 Å². The normalized spacial score (nSPS) is 10.2. The fraction of sp³-hybridized carbons (Fsp3) is 0.261. The van der Waals surface area contributed by atoms with Crippen LogP contribution >= 0.6 is 0 Å². The molecule has 0 bridgehead atoms. The van der Waals surface area contributed by atoms with Gasteiger partial charge in [-0.25, -0.2) is 0 Å². The number of hydrogen-bond acceptors (Lipinski definition) is 3. The zero-order chi connectivity index (χ0) is 19.5. The molecule has 2 aromatic rings. The van der Waals surface area contributed by atoms with Gasteiger partial charge in [-0.1, -0.05) is 44.7 Å². The van der Waals surface area contributed by atoms with Gasteiger partial charge in [0.1, 0.15) is 0 Å². The predicted octanol–water partition coefficient (Wildman–Crippen LogP) is 6.03. The molecule has 0 unspecified atom stereocenters. The number of aryl methyl sites for hydroxylation is 1. The molecule has 0 aliphatic carbocycles. The van der Waals surface area contributed by atoms with Crippen molar-refractivity contribution in [1.29, 1.82) is 5.26 Å². The van der Waals surface area contributed by atoms with Crippen molar-refractivity contribution in [2.75, 3.05) is 13.7 Å². The SMILES string of the molecule is C=Cc1cc(/C(=C\C#N)c2ccc(OC)c(OCC)c2)ccc1C.CC. The highest BCUT2D eigenvalue weighted by atomic mass is 16.5. The van der Waals surface area contributed by atoms with Crippen LogP contribution in [0.3, 0.4) is 0 Å². The Balaban J connectivity index is 0.00000163. The summed E-state index contributed by atoms with van der Waals surface area (Å²) in [5.74, 6) is 1.34. The molecule has 0 aromatic heterocycles. The largest absolute Gasteiger partial charge is 0.493 e. The lowest BCUT2D eigenvalue weighted by molar-refractivity contribution is 0.311. The molecule has 0 radical (unpaired) electrons. The molecule has 26 heavy (non-hydrogen) atoms. The summed E-state index contributed by atoms with van der Waals surface area (Å²) in [5.41, 5.74) is 4.90. The van der Waals surface area contributed by atoms with E-state index in [-0.39, 0.29) is 0 Å². The first-order valence-corrected chi connectivity index (χ1v) is 8.79. The second-order valence-corrected chi connectivity index (χ2v) is 5.26. The van der Waals surface area contributed by atoms with E-state index in [1.165, 1.54) is 0 Å². The molecule has 3 heteroatoms. The summed E-state index contributed by atoms with van der Waals surface area (Å²) < 4.78 is 11.0. The molecule has 0 N–H and O–H groups in total. The molecular formula is C23H27NO2. The van der Waals surface area contributed by atoms with E-state index in [0.717, 1.165) is 27.8 Å². The Labute approximate surface area is 157 Å². The first-order valence-electron chi connectivity index (χ1n) is 8.79. The molecule has 0 fully saturated rings. The van der Waals surface area contributed by atoms with Crippen LogP contribution in [0.25, 0.3) is 11.6 Å². The zero-order valence-corrected chi connectivity index (χ0v) is 16.3. The summed E-state index contributed by atoms with van der Waals surface area (Å²) in [6, 6.07) is 13.9. The van der Waals surface area contributed by atoms with Crippen LogP contribution in [-0.4, -0.2) is 13.7 Å². The summed E-state index contributed by atoms with van der Waals surface area (Å²) in [5, 5.41) is 9.21. The summed E-state index contributed by atoms with van der Waals surface area (Å²) in [6.45, 7) is 12.4. The second-order valence-electron chi connectivity index (χ2n) is 5.26. The second kappa shape index (κ2) is 10.8. The van der Waals surface area contributed by atoms with Crippen LogP contribution in [0.5, 0.6) is 11.5 Å². The Kier molecular flexibility index (Phi) is 8.74. The topological polar surface area (TPSA) is 42.2 Å². The first kappa shape index (κ1) is 21.1. The molecule has 0 saturated carbocycles. The minimum absolute atomic E-state index is 0.544. The summed E-state index contributed by atoms with van der Waals surface area (Å²) in [4.78, 5) is 0. The van der Waals surface area contributed by atoms with Gasteiger partial charge >= 0.3 is 0 Å². The third-order valence-electron chi connectivity index (χ3n) is 3.79. The minimum atomic E-state index is 0.544. The first-order chi connectivity index (χ1) is 12.6. The van der Waals surface area contributed by atoms with Crippen molar-refractivity contribution < 1.29 is 9.47 Å². The van der Waals surface area contributed by atoms with Gasteiger partial charge in [0.05, 0.1) is 19.8 Å². The summed E-state index contributed by atoms with van der Waals surface area (Å²) in [6.07, 6.45) is 3.37. The van der Waals surface area contributed by atoms with Crippen LogP contribution < -0.4 is 9.47 Å². The fourth-order valence-corrected chi connectivity index (χ4v) is 2.54. The maximum atomic E-state index is 9.21. The maximum Gasteiger partial charge on any atom is 0.161 e. The van der Waals surface area contributed by atoms with Crippen molar-refractivity contribution >= 4 is 11.6 Å². The third kappa shape index (κ3) is 5.00. The van der Waals surface area contributed by atoms with Crippen LogP contribution in [0.4, 0.5) is 0 Å². The van der Waals surface area contributed by atoms with Gasteiger partial charge in [0.15, 0.2) is 11.5 Å². The van der Waals surface area contributed by atoms with E-state index in [2.05, 4.69) is 12.6 Å². The Bertz CT molecular complexity index is 813. The number of ether oxygens (including phenoxy) is 2. The van der Waals surface area contributed by atoms with Gasteiger partial charge in [-0.2, -0.15) is 5.26 Å². The molecular weight excluding hydrogens is 322 g/mol. The van der Waals surface area contributed by atoms with Crippen LogP contribution in [0, 0.1) is 18.3 Å². The van der Waals surface area contributed by atoms with Crippen molar-refractivity contribution in [3.05, 3.63) is 71.3 Å². The van der Waals surface area contributed by atoms with Gasteiger partial charge in [-0.05, 0) is 59.9 Å². The van der Waals surface area contributed by atoms with Crippen molar-refractivity contribution in [2.45, 2.75) is 27.7 Å². The van der Waals surface area contributed by atoms with E-state index in [0.29, 0.717) is 18.1 Å². The van der Waals surface area contributed by atoms with Gasteiger partial charge in [-0.3, -0.25) is 0 Å². The van der Waals surface area contributed by atoms with E-state index < -0.39 is 0 Å². The Morgan fingerprint density at radius 1 is 1.12 bits per heavy atom. The highest BCUT2D eigenvalue weighted by Gasteiger charge is 2.11. The lowest BCUT2D eigenvalue weighted by Crippen LogP contribution is -1.97. The molecule has 0 heterocycles. The molecule has 0 aliphatic heterocycles. The van der Waals surface area contributed by atoms with E-state index in [9.17, 15) is 5.26 Å². The van der Waals surface area contributed by atoms with Crippen LogP contribution in [0.1, 0.15) is 43.0 Å². The molecule has 2 rings (SSSR count). The van der Waals surface area contributed by atoms with Crippen LogP contribution in [-0.2, 0) is 0 Å². The number of nitriles is 1. The molecule has 136 valence electrons. The van der Waals surface area contributed by atoms with Crippen LogP contribution in [0.15, 0.2) is 49.1 Å². The van der Waals surface area contributed by atoms with E-state index in [4.69, 9.17) is 9.47 Å². The van der Waals surface area contributed by atoms with Crippen molar-refractivity contribution in [3.63, 3.8) is 0 Å². The molecule has 0 spiro atoms. The van der Waals surface area contributed by atoms with Gasteiger partial charge in [0.2, 0.25) is 0 Å². The maximum absolute atomic E-state index is 9.21. The number of allylic oxidation sites excluding steroid dienone is 1. The lowest BCUT2D eigenvalue weighted by Gasteiger charge is -2.14. The molecule has 3 nitrogen and oxygen atoms in total. The number of hydrogen-bond donors (Lipinski definition) is 0. The van der Waals surface area contributed by atoms with Crippen molar-refractivity contribution in [3.8, 4) is 17.6 Å². The number of nitrogens with zero attached hydrogens (tertiary/aromatic N) is 1. The Hall–Kier alpha value is -2.99. The average molecular weight is 349 g/mol. The number of rotatable bonds is 6. The molecule has 0 aliphatic rings. The van der Waals surface area contributed by atoms with Crippen molar-refractivity contribution in [1.82, 2.24) is 0 Å². The Morgan fingerprint density at radius 3 is 2.35 bits per heavy atom. The van der Waals surface area contributed by atoms with Gasteiger partial charge < -0.3 is 9.47 Å². The van der Waals surface area contributed by atoms with Gasteiger partial charge in [0, 0.05) is 6.08 Å². The van der Waals surface area contributed by atoms with Gasteiger partial charge in [-0.15, -0.1) is 0 Å². The number of methoxy groups -OCH3 is 1. The lowest BCUT2D eigenvalue weighted by atomic mass is 9.94. The average Bonchev–Trinajstić information content (AvgIpc) is 2.68. The standard InChI is InChI=1S/C21H21NO2.C2H6/c1-5-16-13-17(8-7-15(16)3)19(11-12-22)18-9-10-20(23-4)21(14-18)24-6-2;1-2/h5,7-11,13-14H,1,6H2,2-4H3;1-2H3/b19-11+;. The molecule has 0 atom stereocenters. The fourth-order valence-electron chi connectivity index (χ4n) is 2.54. The highest BCUT2D eigenvalue weighted by molar-refractivity contribution is 5.83. The van der Waals surface area contributed by atoms with E-state index in [1.807, 2.05) is 70.2 Å². The smallest absolute Gasteiger partial charge is 0.161 e. The predicted molar refractivity (Wildman–Crippen MR) is 109 cm³/mol. The van der Waals surface area contributed by atoms with Crippen molar-refractivity contribution in [2.24, 2.45) is 0 Å². The quantitative estimate of drug-likeness (QED) is 0.598.